The lowest BCUT2D eigenvalue weighted by molar-refractivity contribution is 1.18. The molecule has 2 aromatic heterocycles. The Balaban J connectivity index is 1.46. The quantitative estimate of drug-likeness (QED) is 0.220. The number of fused-ring (bicyclic) bond motifs is 6. The lowest BCUT2D eigenvalue weighted by atomic mass is 10.0. The van der Waals surface area contributed by atoms with Crippen molar-refractivity contribution in [2.24, 2.45) is 0 Å². The summed E-state index contributed by atoms with van der Waals surface area (Å²) >= 11 is 0. The van der Waals surface area contributed by atoms with Gasteiger partial charge in [0, 0.05) is 27.6 Å². The Bertz CT molecular complexity index is 2080. The van der Waals surface area contributed by atoms with Gasteiger partial charge in [-0.25, -0.2) is 9.97 Å². The molecule has 0 unspecified atom stereocenters. The fourth-order valence-electron chi connectivity index (χ4n) is 6.52. The van der Waals surface area contributed by atoms with Gasteiger partial charge in [-0.1, -0.05) is 116 Å². The number of para-hydroxylation sites is 2. The average molecular weight is 530 g/mol. The van der Waals surface area contributed by atoms with Gasteiger partial charge in [-0.3, -0.25) is 0 Å². The van der Waals surface area contributed by atoms with Crippen molar-refractivity contribution < 1.29 is 0 Å². The number of nitrogens with zero attached hydrogens (tertiary/aromatic N) is 3. The number of hydrogen-bond acceptors (Lipinski definition) is 2. The summed E-state index contributed by atoms with van der Waals surface area (Å²) in [7, 11) is -2.04. The van der Waals surface area contributed by atoms with Crippen LogP contribution in [0.15, 0.2) is 127 Å². The van der Waals surface area contributed by atoms with Crippen LogP contribution in [0.5, 0.6) is 0 Å². The summed E-state index contributed by atoms with van der Waals surface area (Å²) in [6.45, 7) is 4.87. The number of hydrogen-bond donors (Lipinski definition) is 0. The Kier molecular flexibility index (Phi) is 4.97. The van der Waals surface area contributed by atoms with Gasteiger partial charge in [-0.15, -0.1) is 0 Å². The van der Waals surface area contributed by atoms with Crippen LogP contribution in [0.1, 0.15) is 0 Å². The van der Waals surface area contributed by atoms with Gasteiger partial charge in [-0.2, -0.15) is 0 Å². The molecule has 0 atom stereocenters. The first-order valence-electron chi connectivity index (χ1n) is 13.8. The van der Waals surface area contributed by atoms with E-state index in [-0.39, 0.29) is 0 Å². The number of benzene rings is 5. The molecule has 0 spiro atoms. The second-order valence-corrected chi connectivity index (χ2v) is 15.4. The molecule has 1 aliphatic rings. The highest BCUT2D eigenvalue weighted by molar-refractivity contribution is 7.04. The first kappa shape index (κ1) is 23.1. The monoisotopic (exact) mass is 529 g/mol. The fourth-order valence-corrected chi connectivity index (χ4v) is 9.75. The van der Waals surface area contributed by atoms with E-state index < -0.39 is 8.07 Å². The molecule has 3 nitrogen and oxygen atoms in total. The van der Waals surface area contributed by atoms with Crippen LogP contribution in [0.3, 0.4) is 0 Å². The van der Waals surface area contributed by atoms with Gasteiger partial charge in [0.2, 0.25) is 0 Å². The topological polar surface area (TPSA) is 30.7 Å². The fraction of sp³-hybridized carbons (Fsp3) is 0.0556. The minimum atomic E-state index is -2.04. The van der Waals surface area contributed by atoms with Crippen LogP contribution in [0, 0.1) is 0 Å². The third kappa shape index (κ3) is 3.29. The Morgan fingerprint density at radius 3 is 2.02 bits per heavy atom. The van der Waals surface area contributed by atoms with Crippen LogP contribution < -0.4 is 10.4 Å². The molecule has 0 saturated heterocycles. The van der Waals surface area contributed by atoms with E-state index in [1.165, 1.54) is 37.7 Å². The summed E-state index contributed by atoms with van der Waals surface area (Å²) in [5.74, 6) is 0.777. The molecular formula is C36H27N3Si. The van der Waals surface area contributed by atoms with Gasteiger partial charge in [0.25, 0.3) is 0 Å². The minimum absolute atomic E-state index is 0.777. The zero-order valence-electron chi connectivity index (χ0n) is 22.5. The lowest BCUT2D eigenvalue weighted by Crippen LogP contribution is -2.50. The molecule has 7 aromatic rings. The molecule has 3 heterocycles. The summed E-state index contributed by atoms with van der Waals surface area (Å²) in [6.07, 6.45) is 0. The first-order chi connectivity index (χ1) is 19.6. The van der Waals surface area contributed by atoms with E-state index in [1.54, 1.807) is 0 Å². The van der Waals surface area contributed by atoms with E-state index in [4.69, 9.17) is 9.97 Å². The molecule has 4 heteroatoms. The smallest absolute Gasteiger partial charge is 0.160 e. The molecule has 1 aliphatic heterocycles. The van der Waals surface area contributed by atoms with Gasteiger partial charge in [0.1, 0.15) is 8.07 Å². The van der Waals surface area contributed by atoms with Crippen molar-refractivity contribution in [1.82, 2.24) is 14.5 Å². The van der Waals surface area contributed by atoms with E-state index in [2.05, 4.69) is 139 Å². The molecule has 5 aromatic carbocycles. The van der Waals surface area contributed by atoms with Crippen LogP contribution in [-0.4, -0.2) is 22.6 Å². The maximum absolute atomic E-state index is 5.34. The number of aromatic nitrogens is 3. The van der Waals surface area contributed by atoms with Crippen molar-refractivity contribution >= 4 is 40.3 Å². The highest BCUT2D eigenvalue weighted by Gasteiger charge is 2.41. The van der Waals surface area contributed by atoms with Gasteiger partial charge in [0.05, 0.1) is 22.4 Å². The summed E-state index contributed by atoms with van der Waals surface area (Å²) in [6, 6.07) is 45.4. The Morgan fingerprint density at radius 1 is 0.550 bits per heavy atom. The molecule has 40 heavy (non-hydrogen) atoms. The van der Waals surface area contributed by atoms with Crippen molar-refractivity contribution in [3.8, 4) is 39.6 Å². The van der Waals surface area contributed by atoms with E-state index in [9.17, 15) is 0 Å². The Labute approximate surface area is 234 Å². The maximum Gasteiger partial charge on any atom is 0.160 e. The number of rotatable bonds is 3. The maximum atomic E-state index is 5.34. The van der Waals surface area contributed by atoms with E-state index >= 15 is 0 Å². The van der Waals surface area contributed by atoms with E-state index in [1.807, 2.05) is 6.07 Å². The summed E-state index contributed by atoms with van der Waals surface area (Å²) in [5.41, 5.74) is 9.14. The molecule has 0 amide bonds. The SMILES string of the molecule is C[Si]1(C)c2ccccc2-c2nc(-c3ccccc3)nc(-c3ccc4c5ccccc5n(-c5ccccc5)c4c3)c21. The van der Waals surface area contributed by atoms with Crippen LogP contribution in [-0.2, 0) is 0 Å². The van der Waals surface area contributed by atoms with Gasteiger partial charge < -0.3 is 4.57 Å². The third-order valence-corrected chi connectivity index (χ3v) is 11.9. The van der Waals surface area contributed by atoms with Gasteiger partial charge >= 0.3 is 0 Å². The summed E-state index contributed by atoms with van der Waals surface area (Å²) < 4.78 is 2.38. The van der Waals surface area contributed by atoms with Crippen LogP contribution in [0.4, 0.5) is 0 Å². The second kappa shape index (κ2) is 8.60. The molecule has 0 N–H and O–H groups in total. The predicted octanol–water partition coefficient (Wildman–Crippen LogP) is 7.71. The van der Waals surface area contributed by atoms with Crippen molar-refractivity contribution in [1.29, 1.82) is 0 Å². The molecule has 0 radical (unpaired) electrons. The zero-order chi connectivity index (χ0) is 26.8. The Morgan fingerprint density at radius 2 is 1.20 bits per heavy atom. The minimum Gasteiger partial charge on any atom is -0.309 e. The van der Waals surface area contributed by atoms with E-state index in [0.717, 1.165) is 34.0 Å². The Hall–Kier alpha value is -4.80. The standard InChI is InChI=1S/C36H27N3Si/c1-40(2)32-20-12-10-18-29(32)34-35(40)33(37-36(38-34)24-13-5-3-6-14-24)25-21-22-28-27-17-9-11-19-30(27)39(31(28)23-25)26-15-7-4-8-16-26/h3-23H,1-2H3. The zero-order valence-corrected chi connectivity index (χ0v) is 23.5. The average Bonchev–Trinajstić information content (AvgIpc) is 3.46. The van der Waals surface area contributed by atoms with Gasteiger partial charge in [-0.05, 0) is 40.2 Å². The van der Waals surface area contributed by atoms with Crippen LogP contribution in [0.25, 0.3) is 61.4 Å². The highest BCUT2D eigenvalue weighted by atomic mass is 28.3. The van der Waals surface area contributed by atoms with Crippen molar-refractivity contribution in [2.75, 3.05) is 0 Å². The molecule has 8 rings (SSSR count). The first-order valence-corrected chi connectivity index (χ1v) is 16.8. The molecule has 190 valence electrons. The third-order valence-electron chi connectivity index (χ3n) is 8.38. The largest absolute Gasteiger partial charge is 0.309 e. The second-order valence-electron chi connectivity index (χ2n) is 11.1. The van der Waals surface area contributed by atoms with Crippen molar-refractivity contribution in [2.45, 2.75) is 13.1 Å². The highest BCUT2D eigenvalue weighted by Crippen LogP contribution is 2.37. The molecule has 0 bridgehead atoms. The van der Waals surface area contributed by atoms with E-state index in [0.29, 0.717) is 0 Å². The van der Waals surface area contributed by atoms with Crippen LogP contribution in [0.2, 0.25) is 13.1 Å². The summed E-state index contributed by atoms with van der Waals surface area (Å²) in [5, 5.41) is 5.27. The molecule has 0 aliphatic carbocycles. The molecular weight excluding hydrogens is 503 g/mol. The van der Waals surface area contributed by atoms with Crippen molar-refractivity contribution in [3.05, 3.63) is 127 Å². The van der Waals surface area contributed by atoms with Gasteiger partial charge in [0.15, 0.2) is 5.82 Å². The summed E-state index contributed by atoms with van der Waals surface area (Å²) in [4.78, 5) is 10.6. The normalized spacial score (nSPS) is 13.4. The van der Waals surface area contributed by atoms with Crippen molar-refractivity contribution in [3.63, 3.8) is 0 Å². The molecule has 0 fully saturated rings. The molecule has 0 saturated carbocycles. The predicted molar refractivity (Wildman–Crippen MR) is 169 cm³/mol. The lowest BCUT2D eigenvalue weighted by Gasteiger charge is -2.21. The van der Waals surface area contributed by atoms with Crippen LogP contribution >= 0.6 is 0 Å².